The molecule has 2 N–H and O–H groups in total. The van der Waals surface area contributed by atoms with Crippen LogP contribution in [0.3, 0.4) is 0 Å². The Hall–Kier alpha value is -2.32. The maximum absolute atomic E-state index is 12.4. The topological polar surface area (TPSA) is 92.3 Å². The van der Waals surface area contributed by atoms with Crippen molar-refractivity contribution in [2.45, 2.75) is 12.8 Å². The fraction of sp³-hybridized carbons (Fsp3) is 0.444. The van der Waals surface area contributed by atoms with Gasteiger partial charge in [-0.15, -0.1) is 0 Å². The number of ether oxygens (including phenoxy) is 1. The second kappa shape index (κ2) is 9.75. The van der Waals surface area contributed by atoms with E-state index in [9.17, 15) is 4.79 Å². The number of carbonyl (C=O) groups excluding carboxylic acids is 1. The molecule has 3 rings (SSSR count). The minimum atomic E-state index is -0.0147. The van der Waals surface area contributed by atoms with Crippen LogP contribution in [0.4, 0.5) is 11.8 Å². The number of carbonyl (C=O) groups is 1. The van der Waals surface area contributed by atoms with Crippen molar-refractivity contribution < 1.29 is 9.53 Å². The van der Waals surface area contributed by atoms with Crippen LogP contribution in [-0.2, 0) is 4.79 Å². The number of nitrogens with one attached hydrogen (secondary N) is 2. The van der Waals surface area contributed by atoms with Crippen molar-refractivity contribution in [3.05, 3.63) is 34.6 Å². The number of pyridine rings is 1. The normalized spacial score (nSPS) is 14.6. The molecule has 0 saturated carbocycles. The summed E-state index contributed by atoms with van der Waals surface area (Å²) in [6.07, 6.45) is 4.71. The van der Waals surface area contributed by atoms with E-state index in [1.165, 1.54) is 6.20 Å². The lowest BCUT2D eigenvalue weighted by Crippen LogP contribution is -2.42. The Labute approximate surface area is 173 Å². The molecule has 1 saturated heterocycles. The van der Waals surface area contributed by atoms with E-state index in [1.54, 1.807) is 25.4 Å². The van der Waals surface area contributed by atoms with Gasteiger partial charge in [0.2, 0.25) is 17.7 Å². The number of hydrogen-bond donors (Lipinski definition) is 2. The fourth-order valence-electron chi connectivity index (χ4n) is 3.00. The van der Waals surface area contributed by atoms with Crippen LogP contribution in [0, 0.1) is 5.92 Å². The minimum absolute atomic E-state index is 0.0147. The maximum Gasteiger partial charge on any atom is 0.228 e. The summed E-state index contributed by atoms with van der Waals surface area (Å²) in [4.78, 5) is 27.2. The maximum atomic E-state index is 12.4. The molecule has 0 bridgehead atoms. The Bertz CT molecular complexity index is 814. The first kappa shape index (κ1) is 20.4. The van der Waals surface area contributed by atoms with E-state index < -0.39 is 0 Å². The largest absolute Gasteiger partial charge is 0.481 e. The van der Waals surface area contributed by atoms with Crippen LogP contribution < -0.4 is 20.3 Å². The molecule has 0 aromatic carbocycles. The zero-order valence-electron chi connectivity index (χ0n) is 15.5. The first-order valence-electron chi connectivity index (χ1n) is 9.01. The summed E-state index contributed by atoms with van der Waals surface area (Å²) < 4.78 is 5.14. The zero-order chi connectivity index (χ0) is 19.9. The van der Waals surface area contributed by atoms with Gasteiger partial charge in [-0.25, -0.2) is 9.97 Å². The number of piperidine rings is 1. The average molecular weight is 425 g/mol. The first-order chi connectivity index (χ1) is 13.6. The predicted octanol–water partition coefficient (Wildman–Crippen LogP) is 2.63. The molecule has 1 amide bonds. The molecule has 28 heavy (non-hydrogen) atoms. The molecule has 0 unspecified atom stereocenters. The number of halogens is 2. The van der Waals surface area contributed by atoms with E-state index in [2.05, 4.69) is 30.5 Å². The van der Waals surface area contributed by atoms with Crippen LogP contribution in [0.5, 0.6) is 5.88 Å². The van der Waals surface area contributed by atoms with Crippen LogP contribution in [0.25, 0.3) is 0 Å². The molecule has 1 fully saturated rings. The van der Waals surface area contributed by atoms with Crippen molar-refractivity contribution in [3.63, 3.8) is 0 Å². The molecular formula is C18H22Cl2N6O2. The number of aromatic nitrogens is 3. The molecule has 8 nitrogen and oxygen atoms in total. The zero-order valence-corrected chi connectivity index (χ0v) is 17.0. The Kier molecular flexibility index (Phi) is 7.11. The highest BCUT2D eigenvalue weighted by Crippen LogP contribution is 2.23. The van der Waals surface area contributed by atoms with Crippen LogP contribution in [-0.4, -0.2) is 54.1 Å². The molecule has 0 spiro atoms. The second-order valence-corrected chi connectivity index (χ2v) is 7.21. The molecule has 0 aliphatic carbocycles. The fourth-order valence-corrected chi connectivity index (χ4v) is 3.44. The summed E-state index contributed by atoms with van der Waals surface area (Å²) in [5.74, 6) is 1.76. The van der Waals surface area contributed by atoms with Gasteiger partial charge in [0.1, 0.15) is 5.82 Å². The van der Waals surface area contributed by atoms with Crippen molar-refractivity contribution in [1.29, 1.82) is 0 Å². The van der Waals surface area contributed by atoms with Gasteiger partial charge in [0.15, 0.2) is 0 Å². The summed E-state index contributed by atoms with van der Waals surface area (Å²) in [6, 6.07) is 3.33. The lowest BCUT2D eigenvalue weighted by molar-refractivity contribution is -0.125. The van der Waals surface area contributed by atoms with E-state index >= 15 is 0 Å². The van der Waals surface area contributed by atoms with Gasteiger partial charge < -0.3 is 20.3 Å². The molecule has 1 aliphatic heterocycles. The SMILES string of the molecule is COc1ccnc(N2CCC(C(=O)NCCNc3ncc(Cl)cc3Cl)CC2)n1. The number of hydrogen-bond acceptors (Lipinski definition) is 7. The van der Waals surface area contributed by atoms with Gasteiger partial charge in [-0.05, 0) is 18.9 Å². The molecule has 0 atom stereocenters. The Morgan fingerprint density at radius 3 is 2.79 bits per heavy atom. The van der Waals surface area contributed by atoms with Gasteiger partial charge in [0.25, 0.3) is 0 Å². The quantitative estimate of drug-likeness (QED) is 0.659. The number of methoxy groups -OCH3 is 1. The van der Waals surface area contributed by atoms with Crippen LogP contribution in [0.1, 0.15) is 12.8 Å². The van der Waals surface area contributed by atoms with E-state index in [1.807, 2.05) is 0 Å². The lowest BCUT2D eigenvalue weighted by Gasteiger charge is -2.31. The molecule has 2 aromatic heterocycles. The number of rotatable bonds is 7. The third-order valence-corrected chi connectivity index (χ3v) is 4.99. The van der Waals surface area contributed by atoms with Crippen LogP contribution in [0.15, 0.2) is 24.5 Å². The highest BCUT2D eigenvalue weighted by molar-refractivity contribution is 6.35. The Morgan fingerprint density at radius 2 is 2.07 bits per heavy atom. The summed E-state index contributed by atoms with van der Waals surface area (Å²) in [5.41, 5.74) is 0. The molecule has 1 aliphatic rings. The van der Waals surface area contributed by atoms with Crippen molar-refractivity contribution in [2.24, 2.45) is 5.92 Å². The molecule has 150 valence electrons. The third-order valence-electron chi connectivity index (χ3n) is 4.50. The van der Waals surface area contributed by atoms with E-state index in [4.69, 9.17) is 27.9 Å². The predicted molar refractivity (Wildman–Crippen MR) is 109 cm³/mol. The highest BCUT2D eigenvalue weighted by atomic mass is 35.5. The van der Waals surface area contributed by atoms with Crippen molar-refractivity contribution in [1.82, 2.24) is 20.3 Å². The average Bonchev–Trinajstić information content (AvgIpc) is 2.72. The van der Waals surface area contributed by atoms with Crippen molar-refractivity contribution >= 4 is 40.9 Å². The number of nitrogens with zero attached hydrogens (tertiary/aromatic N) is 4. The van der Waals surface area contributed by atoms with Gasteiger partial charge in [0.05, 0.1) is 17.2 Å². The van der Waals surface area contributed by atoms with Crippen molar-refractivity contribution in [3.8, 4) is 5.88 Å². The number of anilines is 2. The summed E-state index contributed by atoms with van der Waals surface area (Å²) >= 11 is 11.9. The first-order valence-corrected chi connectivity index (χ1v) is 9.77. The van der Waals surface area contributed by atoms with Gasteiger partial charge >= 0.3 is 0 Å². The molecule has 10 heteroatoms. The van der Waals surface area contributed by atoms with Crippen LogP contribution in [0.2, 0.25) is 10.0 Å². The highest BCUT2D eigenvalue weighted by Gasteiger charge is 2.26. The van der Waals surface area contributed by atoms with E-state index in [0.29, 0.717) is 40.8 Å². The van der Waals surface area contributed by atoms with Crippen LogP contribution >= 0.6 is 23.2 Å². The molecule has 3 heterocycles. The van der Waals surface area contributed by atoms with Gasteiger partial charge in [-0.3, -0.25) is 4.79 Å². The number of amides is 1. The second-order valence-electron chi connectivity index (χ2n) is 6.36. The smallest absolute Gasteiger partial charge is 0.228 e. The lowest BCUT2D eigenvalue weighted by atomic mass is 9.96. The summed E-state index contributed by atoms with van der Waals surface area (Å²) in [7, 11) is 1.58. The third kappa shape index (κ3) is 5.36. The summed E-state index contributed by atoms with van der Waals surface area (Å²) in [6.45, 7) is 2.47. The van der Waals surface area contributed by atoms with Gasteiger partial charge in [-0.1, -0.05) is 23.2 Å². The molecule has 2 aromatic rings. The van der Waals surface area contributed by atoms with Gasteiger partial charge in [-0.2, -0.15) is 4.98 Å². The summed E-state index contributed by atoms with van der Waals surface area (Å²) in [5, 5.41) is 6.97. The Morgan fingerprint density at radius 1 is 1.29 bits per heavy atom. The minimum Gasteiger partial charge on any atom is -0.481 e. The van der Waals surface area contributed by atoms with E-state index in [0.717, 1.165) is 25.9 Å². The van der Waals surface area contributed by atoms with Crippen molar-refractivity contribution in [2.75, 3.05) is 43.5 Å². The molecular weight excluding hydrogens is 403 g/mol. The monoisotopic (exact) mass is 424 g/mol. The van der Waals surface area contributed by atoms with Gasteiger partial charge in [0, 0.05) is 50.6 Å². The standard InChI is InChI=1S/C18H22Cl2N6O2/c1-28-15-2-5-23-18(25-15)26-8-3-12(4-9-26)17(27)22-7-6-21-16-14(20)10-13(19)11-24-16/h2,5,10-12H,3-4,6-9H2,1H3,(H,21,24)(H,22,27). The van der Waals surface area contributed by atoms with E-state index in [-0.39, 0.29) is 11.8 Å². The molecule has 0 radical (unpaired) electrons. The Balaban J connectivity index is 1.40.